The first-order valence-electron chi connectivity index (χ1n) is 7.95. The molecular weight excluding hydrogens is 290 g/mol. The van der Waals surface area contributed by atoms with Crippen molar-refractivity contribution < 1.29 is 9.59 Å². The lowest BCUT2D eigenvalue weighted by Gasteiger charge is -2.25. The maximum absolute atomic E-state index is 11.9. The Hall–Kier alpha value is -1.88. The van der Waals surface area contributed by atoms with Gasteiger partial charge in [0.2, 0.25) is 11.8 Å². The molecule has 23 heavy (non-hydrogen) atoms. The third-order valence-electron chi connectivity index (χ3n) is 3.67. The van der Waals surface area contributed by atoms with Crippen molar-refractivity contribution in [2.45, 2.75) is 33.2 Å². The van der Waals surface area contributed by atoms with Crippen LogP contribution in [-0.2, 0) is 16.0 Å². The number of benzene rings is 1. The van der Waals surface area contributed by atoms with E-state index in [0.29, 0.717) is 6.54 Å². The molecular formula is C18H29N3O2. The highest BCUT2D eigenvalue weighted by Crippen LogP contribution is 2.11. The van der Waals surface area contributed by atoms with E-state index in [0.717, 1.165) is 6.42 Å². The molecule has 1 atom stereocenters. The van der Waals surface area contributed by atoms with Crippen LogP contribution in [0.1, 0.15) is 26.3 Å². The lowest BCUT2D eigenvalue weighted by molar-refractivity contribution is -0.131. The fourth-order valence-electron chi connectivity index (χ4n) is 2.04. The predicted octanol–water partition coefficient (Wildman–Crippen LogP) is 1.44. The third kappa shape index (κ3) is 7.28. The second-order valence-electron chi connectivity index (χ2n) is 7.04. The average molecular weight is 319 g/mol. The zero-order valence-corrected chi connectivity index (χ0v) is 14.8. The molecule has 0 spiro atoms. The smallest absolute Gasteiger partial charge is 0.239 e. The topological polar surface area (TPSA) is 61.4 Å². The van der Waals surface area contributed by atoms with E-state index >= 15 is 0 Å². The van der Waals surface area contributed by atoms with E-state index in [1.807, 2.05) is 53.1 Å². The lowest BCUT2D eigenvalue weighted by atomic mass is 9.96. The summed E-state index contributed by atoms with van der Waals surface area (Å²) >= 11 is 0. The van der Waals surface area contributed by atoms with Crippen molar-refractivity contribution in [2.24, 2.45) is 5.41 Å². The van der Waals surface area contributed by atoms with Crippen LogP contribution in [0.3, 0.4) is 0 Å². The van der Waals surface area contributed by atoms with E-state index in [9.17, 15) is 9.59 Å². The lowest BCUT2D eigenvalue weighted by Crippen LogP contribution is -2.46. The van der Waals surface area contributed by atoms with Crippen molar-refractivity contribution in [1.82, 2.24) is 15.5 Å². The summed E-state index contributed by atoms with van der Waals surface area (Å²) in [6.45, 7) is 6.03. The van der Waals surface area contributed by atoms with E-state index in [1.165, 1.54) is 5.56 Å². The van der Waals surface area contributed by atoms with Crippen molar-refractivity contribution in [1.29, 1.82) is 0 Å². The molecule has 2 N–H and O–H groups in total. The van der Waals surface area contributed by atoms with Crippen LogP contribution >= 0.6 is 0 Å². The number of hydrogen-bond donors (Lipinski definition) is 2. The molecule has 0 aliphatic heterocycles. The minimum atomic E-state index is -0.486. The molecule has 1 unspecified atom stereocenters. The highest BCUT2D eigenvalue weighted by Gasteiger charge is 2.21. The fourth-order valence-corrected chi connectivity index (χ4v) is 2.04. The van der Waals surface area contributed by atoms with Gasteiger partial charge in [0.25, 0.3) is 0 Å². The molecule has 1 aromatic carbocycles. The quantitative estimate of drug-likeness (QED) is 0.799. The molecule has 0 aliphatic rings. The molecule has 2 amide bonds. The zero-order valence-electron chi connectivity index (χ0n) is 14.8. The zero-order chi connectivity index (χ0) is 17.5. The maximum atomic E-state index is 11.9. The summed E-state index contributed by atoms with van der Waals surface area (Å²) in [4.78, 5) is 25.8. The molecule has 128 valence electrons. The minimum Gasteiger partial charge on any atom is -0.353 e. The number of carbonyl (C=O) groups excluding carboxylic acids is 2. The van der Waals surface area contributed by atoms with Gasteiger partial charge >= 0.3 is 0 Å². The molecule has 0 saturated heterocycles. The Morgan fingerprint density at radius 3 is 2.22 bits per heavy atom. The summed E-state index contributed by atoms with van der Waals surface area (Å²) in [5.41, 5.74) is 0.751. The molecule has 0 saturated carbocycles. The van der Waals surface area contributed by atoms with E-state index < -0.39 is 5.41 Å². The molecule has 5 nitrogen and oxygen atoms in total. The standard InChI is InChI=1S/C18H29N3O2/c1-18(2,3)17(23)20-13-16(22)19-12-15(21(4)5)11-14-9-7-6-8-10-14/h6-10,15H,11-13H2,1-5H3,(H,19,22)(H,20,23). The van der Waals surface area contributed by atoms with Gasteiger partial charge in [-0.25, -0.2) is 0 Å². The largest absolute Gasteiger partial charge is 0.353 e. The van der Waals surface area contributed by atoms with Crippen molar-refractivity contribution >= 4 is 11.8 Å². The van der Waals surface area contributed by atoms with E-state index in [1.54, 1.807) is 0 Å². The van der Waals surface area contributed by atoms with Crippen LogP contribution in [0.5, 0.6) is 0 Å². The van der Waals surface area contributed by atoms with Crippen LogP contribution in [0, 0.1) is 5.41 Å². The maximum Gasteiger partial charge on any atom is 0.239 e. The average Bonchev–Trinajstić information content (AvgIpc) is 2.48. The Morgan fingerprint density at radius 2 is 1.70 bits per heavy atom. The number of nitrogens with one attached hydrogen (secondary N) is 2. The van der Waals surface area contributed by atoms with Crippen molar-refractivity contribution in [3.8, 4) is 0 Å². The molecule has 0 heterocycles. The summed E-state index contributed by atoms with van der Waals surface area (Å²) in [5.74, 6) is -0.288. The number of hydrogen-bond acceptors (Lipinski definition) is 3. The van der Waals surface area contributed by atoms with Gasteiger partial charge in [-0.05, 0) is 26.1 Å². The number of rotatable bonds is 7. The molecule has 5 heteroatoms. The number of carbonyl (C=O) groups is 2. The first kappa shape index (κ1) is 19.2. The van der Waals surface area contributed by atoms with Crippen LogP contribution in [0.25, 0.3) is 0 Å². The first-order valence-corrected chi connectivity index (χ1v) is 7.95. The van der Waals surface area contributed by atoms with E-state index in [2.05, 4.69) is 27.7 Å². The molecule has 0 bridgehead atoms. The predicted molar refractivity (Wildman–Crippen MR) is 93.1 cm³/mol. The van der Waals surface area contributed by atoms with Gasteiger partial charge in [-0.3, -0.25) is 9.59 Å². The molecule has 1 aromatic rings. The summed E-state index contributed by atoms with van der Waals surface area (Å²) in [7, 11) is 4.00. The van der Waals surface area contributed by atoms with Gasteiger partial charge in [-0.2, -0.15) is 0 Å². The van der Waals surface area contributed by atoms with Crippen molar-refractivity contribution in [3.05, 3.63) is 35.9 Å². The van der Waals surface area contributed by atoms with Crippen LogP contribution < -0.4 is 10.6 Å². The molecule has 1 rings (SSSR count). The van der Waals surface area contributed by atoms with E-state index in [4.69, 9.17) is 0 Å². The van der Waals surface area contributed by atoms with Gasteiger partial charge in [-0.1, -0.05) is 51.1 Å². The van der Waals surface area contributed by atoms with Crippen LogP contribution in [-0.4, -0.2) is 49.9 Å². The van der Waals surface area contributed by atoms with E-state index in [-0.39, 0.29) is 24.4 Å². The fraction of sp³-hybridized carbons (Fsp3) is 0.556. The second-order valence-corrected chi connectivity index (χ2v) is 7.04. The van der Waals surface area contributed by atoms with Crippen molar-refractivity contribution in [2.75, 3.05) is 27.2 Å². The summed E-state index contributed by atoms with van der Waals surface area (Å²) in [5, 5.41) is 5.56. The minimum absolute atomic E-state index is 0.0155. The Morgan fingerprint density at radius 1 is 1.09 bits per heavy atom. The van der Waals surface area contributed by atoms with Gasteiger partial charge in [0.1, 0.15) is 0 Å². The molecule has 0 aromatic heterocycles. The first-order chi connectivity index (χ1) is 10.7. The number of amides is 2. The third-order valence-corrected chi connectivity index (χ3v) is 3.67. The Balaban J connectivity index is 2.43. The summed E-state index contributed by atoms with van der Waals surface area (Å²) < 4.78 is 0. The number of nitrogens with zero attached hydrogens (tertiary/aromatic N) is 1. The van der Waals surface area contributed by atoms with Gasteiger partial charge in [-0.15, -0.1) is 0 Å². The van der Waals surface area contributed by atoms with Crippen LogP contribution in [0.4, 0.5) is 0 Å². The van der Waals surface area contributed by atoms with Crippen LogP contribution in [0.2, 0.25) is 0 Å². The molecule has 0 fully saturated rings. The number of likely N-dealkylation sites (N-methyl/N-ethyl adjacent to an activating group) is 1. The van der Waals surface area contributed by atoms with Gasteiger partial charge in [0, 0.05) is 18.0 Å². The molecule has 0 aliphatic carbocycles. The van der Waals surface area contributed by atoms with Gasteiger partial charge in [0.05, 0.1) is 6.54 Å². The van der Waals surface area contributed by atoms with Crippen LogP contribution in [0.15, 0.2) is 30.3 Å². The second kappa shape index (κ2) is 8.67. The summed E-state index contributed by atoms with van der Waals surface area (Å²) in [6, 6.07) is 10.4. The summed E-state index contributed by atoms with van der Waals surface area (Å²) in [6.07, 6.45) is 0.864. The SMILES string of the molecule is CN(C)C(CNC(=O)CNC(=O)C(C)(C)C)Cc1ccccc1. The monoisotopic (exact) mass is 319 g/mol. The highest BCUT2D eigenvalue weighted by atomic mass is 16.2. The normalized spacial score (nSPS) is 12.8. The van der Waals surface area contributed by atoms with Gasteiger partial charge < -0.3 is 15.5 Å². The Bertz CT molecular complexity index is 507. The van der Waals surface area contributed by atoms with Gasteiger partial charge in [0.15, 0.2) is 0 Å². The Kier molecular flexibility index (Phi) is 7.23. The Labute approximate surface area is 139 Å². The van der Waals surface area contributed by atoms with Crippen molar-refractivity contribution in [3.63, 3.8) is 0 Å². The molecule has 0 radical (unpaired) electrons. The highest BCUT2D eigenvalue weighted by molar-refractivity contribution is 5.87.